The highest BCUT2D eigenvalue weighted by Crippen LogP contribution is 2.07. The summed E-state index contributed by atoms with van der Waals surface area (Å²) in [5.41, 5.74) is 1.92. The van der Waals surface area contributed by atoms with Crippen molar-refractivity contribution in [3.63, 3.8) is 0 Å². The molecular weight excluding hydrogens is 202 g/mol. The average molecular weight is 217 g/mol. The van der Waals surface area contributed by atoms with Crippen molar-refractivity contribution in [2.75, 3.05) is 11.9 Å². The lowest BCUT2D eigenvalue weighted by Gasteiger charge is -2.06. The van der Waals surface area contributed by atoms with Crippen molar-refractivity contribution >= 4 is 11.7 Å². The molecule has 0 aliphatic carbocycles. The molecule has 0 aromatic heterocycles. The minimum absolute atomic E-state index is 0.234. The van der Waals surface area contributed by atoms with Gasteiger partial charge in [-0.05, 0) is 25.5 Å². The van der Waals surface area contributed by atoms with Crippen molar-refractivity contribution in [1.82, 2.24) is 5.32 Å². The maximum atomic E-state index is 11.4. The number of nitrogens with one attached hydrogen (secondary N) is 2. The van der Waals surface area contributed by atoms with Crippen LogP contribution in [0.3, 0.4) is 0 Å². The van der Waals surface area contributed by atoms with Gasteiger partial charge in [0.1, 0.15) is 0 Å². The van der Waals surface area contributed by atoms with Gasteiger partial charge in [0, 0.05) is 18.7 Å². The van der Waals surface area contributed by atoms with E-state index in [2.05, 4.69) is 10.6 Å². The minimum atomic E-state index is -0.234. The van der Waals surface area contributed by atoms with Gasteiger partial charge in [0.2, 0.25) is 0 Å². The summed E-state index contributed by atoms with van der Waals surface area (Å²) < 4.78 is 0. The molecule has 0 saturated carbocycles. The van der Waals surface area contributed by atoms with Gasteiger partial charge in [-0.2, -0.15) is 5.26 Å². The van der Waals surface area contributed by atoms with Gasteiger partial charge in [-0.1, -0.05) is 17.7 Å². The Morgan fingerprint density at radius 2 is 2.06 bits per heavy atom. The third kappa shape index (κ3) is 4.47. The van der Waals surface area contributed by atoms with Gasteiger partial charge in [0.15, 0.2) is 0 Å². The fourth-order valence-corrected chi connectivity index (χ4v) is 1.18. The van der Waals surface area contributed by atoms with Crippen molar-refractivity contribution in [3.8, 4) is 6.07 Å². The SMILES string of the molecule is Cc1ccc(NC(=O)NCCCC#N)cc1. The van der Waals surface area contributed by atoms with Crippen molar-refractivity contribution in [2.24, 2.45) is 0 Å². The highest BCUT2D eigenvalue weighted by molar-refractivity contribution is 5.89. The molecule has 1 aromatic rings. The quantitative estimate of drug-likeness (QED) is 0.761. The number of rotatable bonds is 4. The van der Waals surface area contributed by atoms with Crippen LogP contribution in [0.2, 0.25) is 0 Å². The summed E-state index contributed by atoms with van der Waals surface area (Å²) in [4.78, 5) is 11.4. The largest absolute Gasteiger partial charge is 0.338 e. The number of nitrogens with zero attached hydrogens (tertiary/aromatic N) is 1. The minimum Gasteiger partial charge on any atom is -0.338 e. The smallest absolute Gasteiger partial charge is 0.319 e. The number of carbonyl (C=O) groups is 1. The molecule has 0 fully saturated rings. The maximum Gasteiger partial charge on any atom is 0.319 e. The van der Waals surface area contributed by atoms with Gasteiger partial charge in [-0.15, -0.1) is 0 Å². The first-order valence-electron chi connectivity index (χ1n) is 5.21. The van der Waals surface area contributed by atoms with E-state index in [4.69, 9.17) is 5.26 Å². The molecule has 0 saturated heterocycles. The molecule has 0 aliphatic heterocycles. The number of hydrogen-bond donors (Lipinski definition) is 2. The molecule has 2 amide bonds. The van der Waals surface area contributed by atoms with Crippen LogP contribution in [0.25, 0.3) is 0 Å². The molecule has 1 rings (SSSR count). The Labute approximate surface area is 95.3 Å². The van der Waals surface area contributed by atoms with Crippen LogP contribution in [0.4, 0.5) is 10.5 Å². The molecule has 0 atom stereocenters. The number of hydrogen-bond acceptors (Lipinski definition) is 2. The number of urea groups is 1. The Hall–Kier alpha value is -2.02. The zero-order valence-corrected chi connectivity index (χ0v) is 9.29. The van der Waals surface area contributed by atoms with Gasteiger partial charge < -0.3 is 10.6 Å². The number of unbranched alkanes of at least 4 members (excludes halogenated alkanes) is 1. The molecule has 2 N–H and O–H groups in total. The third-order valence-corrected chi connectivity index (χ3v) is 2.06. The van der Waals surface area contributed by atoms with Crippen LogP contribution in [-0.2, 0) is 0 Å². The lowest BCUT2D eigenvalue weighted by atomic mass is 10.2. The zero-order chi connectivity index (χ0) is 11.8. The number of amides is 2. The number of anilines is 1. The van der Waals surface area contributed by atoms with Crippen molar-refractivity contribution in [3.05, 3.63) is 29.8 Å². The summed E-state index contributed by atoms with van der Waals surface area (Å²) in [6, 6.07) is 9.37. The molecule has 0 spiro atoms. The van der Waals surface area contributed by atoms with Crippen molar-refractivity contribution < 1.29 is 4.79 Å². The molecule has 16 heavy (non-hydrogen) atoms. The second kappa shape index (κ2) is 6.46. The highest BCUT2D eigenvalue weighted by Gasteiger charge is 1.99. The van der Waals surface area contributed by atoms with Gasteiger partial charge in [0.05, 0.1) is 6.07 Å². The van der Waals surface area contributed by atoms with Crippen LogP contribution < -0.4 is 10.6 Å². The molecule has 0 aliphatic rings. The van der Waals surface area contributed by atoms with Crippen LogP contribution >= 0.6 is 0 Å². The number of carbonyl (C=O) groups excluding carboxylic acids is 1. The van der Waals surface area contributed by atoms with Crippen LogP contribution in [-0.4, -0.2) is 12.6 Å². The first kappa shape index (κ1) is 12.1. The van der Waals surface area contributed by atoms with Crippen LogP contribution in [0.5, 0.6) is 0 Å². The van der Waals surface area contributed by atoms with Crippen molar-refractivity contribution in [2.45, 2.75) is 19.8 Å². The molecule has 0 radical (unpaired) electrons. The number of nitriles is 1. The van der Waals surface area contributed by atoms with Gasteiger partial charge in [-0.3, -0.25) is 0 Å². The number of benzene rings is 1. The Bertz CT molecular complexity index is 378. The molecule has 4 nitrogen and oxygen atoms in total. The van der Waals surface area contributed by atoms with Crippen LogP contribution in [0.15, 0.2) is 24.3 Å². The second-order valence-corrected chi connectivity index (χ2v) is 3.51. The van der Waals surface area contributed by atoms with Crippen LogP contribution in [0, 0.1) is 18.3 Å². The summed E-state index contributed by atoms with van der Waals surface area (Å²) in [5.74, 6) is 0. The zero-order valence-electron chi connectivity index (χ0n) is 9.29. The Morgan fingerprint density at radius 3 is 2.69 bits per heavy atom. The first-order valence-corrected chi connectivity index (χ1v) is 5.21. The Kier molecular flexibility index (Phi) is 4.87. The van der Waals surface area contributed by atoms with E-state index in [0.29, 0.717) is 19.4 Å². The second-order valence-electron chi connectivity index (χ2n) is 3.51. The fraction of sp³-hybridized carbons (Fsp3) is 0.333. The summed E-state index contributed by atoms with van der Waals surface area (Å²) in [6.07, 6.45) is 1.14. The normalized spacial score (nSPS) is 9.25. The van der Waals surface area contributed by atoms with E-state index >= 15 is 0 Å². The van der Waals surface area contributed by atoms with Crippen molar-refractivity contribution in [1.29, 1.82) is 5.26 Å². The van der Waals surface area contributed by atoms with E-state index < -0.39 is 0 Å². The molecular formula is C12H15N3O. The fourth-order valence-electron chi connectivity index (χ4n) is 1.18. The van der Waals surface area contributed by atoms with E-state index in [1.165, 1.54) is 0 Å². The maximum absolute atomic E-state index is 11.4. The molecule has 0 heterocycles. The summed E-state index contributed by atoms with van der Waals surface area (Å²) in [6.45, 7) is 2.51. The number of aryl methyl sites for hydroxylation is 1. The van der Waals surface area contributed by atoms with Gasteiger partial charge in [0.25, 0.3) is 0 Å². The molecule has 4 heteroatoms. The predicted molar refractivity (Wildman–Crippen MR) is 63.0 cm³/mol. The lowest BCUT2D eigenvalue weighted by Crippen LogP contribution is -2.29. The van der Waals surface area contributed by atoms with E-state index in [-0.39, 0.29) is 6.03 Å². The molecule has 0 bridgehead atoms. The lowest BCUT2D eigenvalue weighted by molar-refractivity contribution is 0.252. The van der Waals surface area contributed by atoms with E-state index in [0.717, 1.165) is 11.3 Å². The van der Waals surface area contributed by atoms with E-state index in [9.17, 15) is 4.79 Å². The average Bonchev–Trinajstić information content (AvgIpc) is 2.28. The Morgan fingerprint density at radius 1 is 1.38 bits per heavy atom. The van der Waals surface area contributed by atoms with Gasteiger partial charge in [-0.25, -0.2) is 4.79 Å². The molecule has 84 valence electrons. The van der Waals surface area contributed by atoms with E-state index in [1.54, 1.807) is 0 Å². The monoisotopic (exact) mass is 217 g/mol. The van der Waals surface area contributed by atoms with E-state index in [1.807, 2.05) is 37.3 Å². The highest BCUT2D eigenvalue weighted by atomic mass is 16.2. The van der Waals surface area contributed by atoms with Gasteiger partial charge >= 0.3 is 6.03 Å². The third-order valence-electron chi connectivity index (χ3n) is 2.06. The summed E-state index contributed by atoms with van der Waals surface area (Å²) in [7, 11) is 0. The topological polar surface area (TPSA) is 64.9 Å². The first-order chi connectivity index (χ1) is 7.72. The summed E-state index contributed by atoms with van der Waals surface area (Å²) >= 11 is 0. The molecule has 0 unspecified atom stereocenters. The molecule has 1 aromatic carbocycles. The summed E-state index contributed by atoms with van der Waals surface area (Å²) in [5, 5.41) is 13.7. The Balaban J connectivity index is 2.29. The van der Waals surface area contributed by atoms with Crippen LogP contribution in [0.1, 0.15) is 18.4 Å². The standard InChI is InChI=1S/C12H15N3O/c1-10-4-6-11(7-5-10)15-12(16)14-9-3-2-8-13/h4-7H,2-3,9H2,1H3,(H2,14,15,16). The predicted octanol–water partition coefficient (Wildman–Crippen LogP) is 2.42.